The summed E-state index contributed by atoms with van der Waals surface area (Å²) in [6, 6.07) is 5.03. The molecule has 1 aromatic rings. The normalized spacial score (nSPS) is 15.6. The number of hydrogen-bond donors (Lipinski definition) is 1. The van der Waals surface area contributed by atoms with Crippen LogP contribution in [0.2, 0.25) is 0 Å². The lowest BCUT2D eigenvalue weighted by Crippen LogP contribution is -2.22. The Labute approximate surface area is 127 Å². The van der Waals surface area contributed by atoms with Crippen molar-refractivity contribution in [3.63, 3.8) is 0 Å². The van der Waals surface area contributed by atoms with Crippen LogP contribution in [0.5, 0.6) is 0 Å². The van der Waals surface area contributed by atoms with E-state index in [0.717, 1.165) is 12.8 Å². The molecule has 108 valence electrons. The van der Waals surface area contributed by atoms with Gasteiger partial charge in [0, 0.05) is 10.4 Å². The van der Waals surface area contributed by atoms with Gasteiger partial charge in [0.05, 0.1) is 17.9 Å². The molecule has 1 N–H and O–H groups in total. The van der Waals surface area contributed by atoms with E-state index in [1.807, 2.05) is 6.92 Å². The van der Waals surface area contributed by atoms with Crippen molar-refractivity contribution in [3.05, 3.63) is 28.2 Å². The Balaban J connectivity index is 2.05. The lowest BCUT2D eigenvalue weighted by molar-refractivity contribution is -0.119. The fraction of sp³-hybridized carbons (Fsp3) is 0.467. The second-order valence-electron chi connectivity index (χ2n) is 5.03. The minimum atomic E-state index is -0.363. The molecule has 0 heterocycles. The topological polar surface area (TPSA) is 55.4 Å². The highest BCUT2D eigenvalue weighted by atomic mass is 79.9. The van der Waals surface area contributed by atoms with Gasteiger partial charge < -0.3 is 10.1 Å². The van der Waals surface area contributed by atoms with Gasteiger partial charge in [0.1, 0.15) is 0 Å². The van der Waals surface area contributed by atoms with Gasteiger partial charge in [-0.15, -0.1) is 0 Å². The van der Waals surface area contributed by atoms with Gasteiger partial charge in [-0.05, 0) is 59.8 Å². The largest absolute Gasteiger partial charge is 0.462 e. The summed E-state index contributed by atoms with van der Waals surface area (Å²) in [6.45, 7) is 4.06. The lowest BCUT2D eigenvalue weighted by atomic mass is 10.1. The molecule has 0 bridgehead atoms. The zero-order valence-electron chi connectivity index (χ0n) is 11.6. The van der Waals surface area contributed by atoms with Gasteiger partial charge >= 0.3 is 5.97 Å². The Morgan fingerprint density at radius 2 is 2.15 bits per heavy atom. The second kappa shape index (κ2) is 6.39. The average molecular weight is 340 g/mol. The van der Waals surface area contributed by atoms with E-state index < -0.39 is 0 Å². The molecule has 1 aliphatic carbocycles. The van der Waals surface area contributed by atoms with Crippen molar-refractivity contribution in [1.29, 1.82) is 0 Å². The third-order valence-corrected chi connectivity index (χ3v) is 4.14. The number of carbonyl (C=O) groups excluding carboxylic acids is 2. The second-order valence-corrected chi connectivity index (χ2v) is 5.88. The van der Waals surface area contributed by atoms with Crippen LogP contribution in [0.4, 0.5) is 5.69 Å². The first-order valence-electron chi connectivity index (χ1n) is 6.80. The summed E-state index contributed by atoms with van der Waals surface area (Å²) < 4.78 is 5.61. The molecule has 1 aliphatic rings. The standard InChI is InChI=1S/C15H18BrNO3/c1-3-20-15(19)11-6-7-13(12(16)8-11)17-14(18)9(2)10-4-5-10/h6-10H,3-5H2,1-2H3,(H,17,18). The number of benzene rings is 1. The highest BCUT2D eigenvalue weighted by Gasteiger charge is 2.32. The summed E-state index contributed by atoms with van der Waals surface area (Å²) >= 11 is 3.37. The molecule has 2 rings (SSSR count). The maximum absolute atomic E-state index is 12.0. The number of nitrogens with one attached hydrogen (secondary N) is 1. The van der Waals surface area contributed by atoms with Crippen LogP contribution in [0, 0.1) is 11.8 Å². The molecule has 1 amide bonds. The van der Waals surface area contributed by atoms with E-state index in [0.29, 0.717) is 28.2 Å². The first-order chi connectivity index (χ1) is 9.52. The van der Waals surface area contributed by atoms with Crippen LogP contribution in [0.15, 0.2) is 22.7 Å². The van der Waals surface area contributed by atoms with Crippen LogP contribution < -0.4 is 5.32 Å². The van der Waals surface area contributed by atoms with Gasteiger partial charge in [0.2, 0.25) is 5.91 Å². The van der Waals surface area contributed by atoms with Crippen molar-refractivity contribution in [2.45, 2.75) is 26.7 Å². The molecule has 1 aromatic carbocycles. The van der Waals surface area contributed by atoms with Crippen LogP contribution >= 0.6 is 15.9 Å². The summed E-state index contributed by atoms with van der Waals surface area (Å²) in [5.41, 5.74) is 1.14. The summed E-state index contributed by atoms with van der Waals surface area (Å²) in [5.74, 6) is 0.216. The fourth-order valence-electron chi connectivity index (χ4n) is 2.01. The Hall–Kier alpha value is -1.36. The number of esters is 1. The molecule has 1 fully saturated rings. The Morgan fingerprint density at radius 1 is 1.45 bits per heavy atom. The van der Waals surface area contributed by atoms with Gasteiger partial charge in [-0.3, -0.25) is 4.79 Å². The third kappa shape index (κ3) is 3.60. The molecular weight excluding hydrogens is 322 g/mol. The van der Waals surface area contributed by atoms with E-state index in [1.165, 1.54) is 0 Å². The molecular formula is C15H18BrNO3. The highest BCUT2D eigenvalue weighted by molar-refractivity contribution is 9.10. The van der Waals surface area contributed by atoms with Crippen molar-refractivity contribution >= 4 is 33.5 Å². The number of anilines is 1. The van der Waals surface area contributed by atoms with E-state index in [4.69, 9.17) is 4.74 Å². The highest BCUT2D eigenvalue weighted by Crippen LogP contribution is 2.37. The number of ether oxygens (including phenoxy) is 1. The first-order valence-corrected chi connectivity index (χ1v) is 7.59. The maximum atomic E-state index is 12.0. The third-order valence-electron chi connectivity index (χ3n) is 3.48. The van der Waals surface area contributed by atoms with E-state index in [-0.39, 0.29) is 17.8 Å². The molecule has 5 heteroatoms. The molecule has 0 spiro atoms. The van der Waals surface area contributed by atoms with Gasteiger partial charge in [-0.25, -0.2) is 4.79 Å². The fourth-order valence-corrected chi connectivity index (χ4v) is 2.49. The predicted molar refractivity (Wildman–Crippen MR) is 80.6 cm³/mol. The zero-order valence-corrected chi connectivity index (χ0v) is 13.2. The Morgan fingerprint density at radius 3 is 2.70 bits per heavy atom. The molecule has 4 nitrogen and oxygen atoms in total. The Bertz CT molecular complexity index is 526. The molecule has 0 radical (unpaired) electrons. The maximum Gasteiger partial charge on any atom is 0.338 e. The summed E-state index contributed by atoms with van der Waals surface area (Å²) in [5, 5.41) is 2.89. The SMILES string of the molecule is CCOC(=O)c1ccc(NC(=O)C(C)C2CC2)c(Br)c1. The average Bonchev–Trinajstić information content (AvgIpc) is 3.24. The molecule has 0 aliphatic heterocycles. The van der Waals surface area contributed by atoms with Crippen LogP contribution in [-0.4, -0.2) is 18.5 Å². The van der Waals surface area contributed by atoms with Crippen LogP contribution in [-0.2, 0) is 9.53 Å². The number of rotatable bonds is 5. The van der Waals surface area contributed by atoms with E-state index in [2.05, 4.69) is 21.2 Å². The Kier molecular flexibility index (Phi) is 4.81. The van der Waals surface area contributed by atoms with Gasteiger partial charge in [0.25, 0.3) is 0 Å². The molecule has 1 atom stereocenters. The van der Waals surface area contributed by atoms with E-state index in [1.54, 1.807) is 25.1 Å². The smallest absolute Gasteiger partial charge is 0.338 e. The number of carbonyl (C=O) groups is 2. The van der Waals surface area contributed by atoms with Crippen molar-refractivity contribution in [1.82, 2.24) is 0 Å². The molecule has 20 heavy (non-hydrogen) atoms. The molecule has 0 saturated heterocycles. The van der Waals surface area contributed by atoms with Crippen LogP contribution in [0.25, 0.3) is 0 Å². The number of hydrogen-bond acceptors (Lipinski definition) is 3. The van der Waals surface area contributed by atoms with Crippen molar-refractivity contribution in [3.8, 4) is 0 Å². The zero-order chi connectivity index (χ0) is 14.7. The van der Waals surface area contributed by atoms with E-state index in [9.17, 15) is 9.59 Å². The van der Waals surface area contributed by atoms with E-state index >= 15 is 0 Å². The first kappa shape index (κ1) is 15.0. The molecule has 1 saturated carbocycles. The van der Waals surface area contributed by atoms with Crippen molar-refractivity contribution in [2.24, 2.45) is 11.8 Å². The summed E-state index contributed by atoms with van der Waals surface area (Å²) in [4.78, 5) is 23.6. The van der Waals surface area contributed by atoms with Gasteiger partial charge in [-0.2, -0.15) is 0 Å². The van der Waals surface area contributed by atoms with Gasteiger partial charge in [0.15, 0.2) is 0 Å². The number of halogens is 1. The minimum absolute atomic E-state index is 0.0251. The summed E-state index contributed by atoms with van der Waals surface area (Å²) in [7, 11) is 0. The van der Waals surface area contributed by atoms with Gasteiger partial charge in [-0.1, -0.05) is 6.92 Å². The van der Waals surface area contributed by atoms with Crippen molar-refractivity contribution < 1.29 is 14.3 Å². The van der Waals surface area contributed by atoms with Crippen LogP contribution in [0.3, 0.4) is 0 Å². The number of amides is 1. The minimum Gasteiger partial charge on any atom is -0.462 e. The van der Waals surface area contributed by atoms with Crippen molar-refractivity contribution in [2.75, 3.05) is 11.9 Å². The lowest BCUT2D eigenvalue weighted by Gasteiger charge is -2.13. The molecule has 1 unspecified atom stereocenters. The predicted octanol–water partition coefficient (Wildman–Crippen LogP) is 3.61. The quantitative estimate of drug-likeness (QED) is 0.833. The summed E-state index contributed by atoms with van der Waals surface area (Å²) in [6.07, 6.45) is 2.27. The van der Waals surface area contributed by atoms with Crippen LogP contribution in [0.1, 0.15) is 37.0 Å². The molecule has 0 aromatic heterocycles. The monoisotopic (exact) mass is 339 g/mol.